The Hall–Kier alpha value is -3.47. The van der Waals surface area contributed by atoms with E-state index in [0.29, 0.717) is 25.9 Å². The van der Waals surface area contributed by atoms with Crippen LogP contribution in [0.5, 0.6) is 0 Å². The van der Waals surface area contributed by atoms with Crippen LogP contribution in [-0.2, 0) is 4.79 Å². The number of carboxylic acids is 1. The number of hydrogen-bond acceptors (Lipinski definition) is 9. The zero-order valence-corrected chi connectivity index (χ0v) is 13.2. The third-order valence-corrected chi connectivity index (χ3v) is 3.93. The molecule has 25 heavy (non-hydrogen) atoms. The van der Waals surface area contributed by atoms with Gasteiger partial charge in [0, 0.05) is 13.1 Å². The topological polar surface area (TPSA) is 160 Å². The molecule has 1 N–H and O–H groups in total. The number of hydrogen-bond donors (Lipinski definition) is 1. The maximum absolute atomic E-state index is 11.6. The van der Waals surface area contributed by atoms with Gasteiger partial charge in [-0.1, -0.05) is 0 Å². The summed E-state index contributed by atoms with van der Waals surface area (Å²) < 4.78 is 0. The average molecular weight is 345 g/mol. The minimum atomic E-state index is -0.883. The highest BCUT2D eigenvalue weighted by molar-refractivity contribution is 5.73. The predicted octanol–water partition coefficient (Wildman–Crippen LogP) is 0.539. The molecule has 0 bridgehead atoms. The Morgan fingerprint density at radius 2 is 1.96 bits per heavy atom. The first-order valence-electron chi connectivity index (χ1n) is 7.45. The third kappa shape index (κ3) is 3.90. The molecule has 1 aliphatic heterocycles. The van der Waals surface area contributed by atoms with Crippen molar-refractivity contribution >= 4 is 23.3 Å². The zero-order chi connectivity index (χ0) is 18.4. The number of nitro groups is 1. The number of aromatic nitrogens is 2. The van der Waals surface area contributed by atoms with Crippen molar-refractivity contribution in [3.63, 3.8) is 0 Å². The Morgan fingerprint density at radius 1 is 1.36 bits per heavy atom. The maximum Gasteiger partial charge on any atom is 0.353 e. The van der Waals surface area contributed by atoms with E-state index >= 15 is 0 Å². The summed E-state index contributed by atoms with van der Waals surface area (Å²) in [6.07, 6.45) is 1.85. The maximum atomic E-state index is 11.6. The number of piperidine rings is 1. The molecule has 1 saturated heterocycles. The quantitative estimate of drug-likeness (QED) is 0.437. The van der Waals surface area contributed by atoms with Gasteiger partial charge in [0.15, 0.2) is 0 Å². The third-order valence-electron chi connectivity index (χ3n) is 3.93. The van der Waals surface area contributed by atoms with E-state index in [1.54, 1.807) is 4.90 Å². The van der Waals surface area contributed by atoms with E-state index in [1.807, 2.05) is 12.1 Å². The van der Waals surface area contributed by atoms with Crippen molar-refractivity contribution < 1.29 is 14.8 Å². The molecule has 0 spiro atoms. The fourth-order valence-corrected chi connectivity index (χ4v) is 2.70. The lowest BCUT2D eigenvalue weighted by Crippen LogP contribution is -2.37. The van der Waals surface area contributed by atoms with Gasteiger partial charge in [0.25, 0.3) is 0 Å². The van der Waals surface area contributed by atoms with Gasteiger partial charge in [-0.05, 0) is 12.8 Å². The van der Waals surface area contributed by atoms with Gasteiger partial charge >= 0.3 is 11.7 Å². The highest BCUT2D eigenvalue weighted by Crippen LogP contribution is 2.35. The van der Waals surface area contributed by atoms with Crippen molar-refractivity contribution in [1.82, 2.24) is 9.97 Å². The Morgan fingerprint density at radius 3 is 2.44 bits per heavy atom. The van der Waals surface area contributed by atoms with Crippen LogP contribution in [0.15, 0.2) is 6.33 Å². The van der Waals surface area contributed by atoms with Gasteiger partial charge in [0.05, 0.1) is 23.0 Å². The van der Waals surface area contributed by atoms with Gasteiger partial charge in [0.1, 0.15) is 19.4 Å². The summed E-state index contributed by atoms with van der Waals surface area (Å²) in [5.41, 5.74) is -0.387. The molecule has 11 heteroatoms. The van der Waals surface area contributed by atoms with Crippen LogP contribution >= 0.6 is 0 Å². The van der Waals surface area contributed by atoms with E-state index in [-0.39, 0.29) is 30.4 Å². The lowest BCUT2D eigenvalue weighted by atomic mass is 9.97. The van der Waals surface area contributed by atoms with Crippen molar-refractivity contribution in [3.8, 4) is 12.1 Å². The molecule has 1 aliphatic rings. The summed E-state index contributed by atoms with van der Waals surface area (Å²) in [4.78, 5) is 32.7. The van der Waals surface area contributed by atoms with Crippen molar-refractivity contribution in [3.05, 3.63) is 16.4 Å². The van der Waals surface area contributed by atoms with E-state index in [2.05, 4.69) is 9.97 Å². The fraction of sp³-hybridized carbons (Fsp3) is 0.500. The molecule has 0 saturated carbocycles. The largest absolute Gasteiger partial charge is 0.481 e. The van der Waals surface area contributed by atoms with Crippen molar-refractivity contribution in [1.29, 1.82) is 10.5 Å². The summed E-state index contributed by atoms with van der Waals surface area (Å²) in [5.74, 6) is -1.39. The normalized spacial score (nSPS) is 14.4. The van der Waals surface area contributed by atoms with Crippen molar-refractivity contribution in [2.45, 2.75) is 12.8 Å². The average Bonchev–Trinajstić information content (AvgIpc) is 2.61. The molecule has 2 rings (SSSR count). The van der Waals surface area contributed by atoms with E-state index in [1.165, 1.54) is 4.90 Å². The highest BCUT2D eigenvalue weighted by Gasteiger charge is 2.33. The standard InChI is InChI=1S/C14H15N7O4/c15-3-7-20(8-4-16)13-11(21(24)25)12(17-9-18-13)19-5-1-10(2-6-19)14(22)23/h9-10H,1-2,5-8H2,(H,22,23). The number of rotatable bonds is 6. The van der Waals surface area contributed by atoms with Crippen molar-refractivity contribution in [2.24, 2.45) is 5.92 Å². The second-order valence-corrected chi connectivity index (χ2v) is 5.40. The Bertz CT molecular complexity index is 731. The number of nitriles is 2. The predicted molar refractivity (Wildman–Crippen MR) is 84.7 cm³/mol. The van der Waals surface area contributed by atoms with Gasteiger partial charge in [-0.25, -0.2) is 9.97 Å². The van der Waals surface area contributed by atoms with Crippen LogP contribution in [-0.4, -0.2) is 52.1 Å². The number of carboxylic acid groups (broad SMARTS) is 1. The molecule has 2 heterocycles. The lowest BCUT2D eigenvalue weighted by molar-refractivity contribution is -0.383. The fourth-order valence-electron chi connectivity index (χ4n) is 2.70. The van der Waals surface area contributed by atoms with Gasteiger partial charge in [-0.2, -0.15) is 10.5 Å². The minimum Gasteiger partial charge on any atom is -0.481 e. The van der Waals surface area contributed by atoms with Crippen LogP contribution in [0.1, 0.15) is 12.8 Å². The van der Waals surface area contributed by atoms with E-state index in [9.17, 15) is 14.9 Å². The molecule has 1 aromatic rings. The monoisotopic (exact) mass is 345 g/mol. The number of nitrogens with zero attached hydrogens (tertiary/aromatic N) is 7. The second kappa shape index (κ2) is 7.88. The van der Waals surface area contributed by atoms with Crippen molar-refractivity contribution in [2.75, 3.05) is 36.0 Å². The summed E-state index contributed by atoms with van der Waals surface area (Å²) in [5, 5.41) is 38.4. The van der Waals surface area contributed by atoms with E-state index in [0.717, 1.165) is 6.33 Å². The summed E-state index contributed by atoms with van der Waals surface area (Å²) in [6, 6.07) is 3.69. The number of carbonyl (C=O) groups is 1. The smallest absolute Gasteiger partial charge is 0.353 e. The van der Waals surface area contributed by atoms with Gasteiger partial charge in [-0.3, -0.25) is 14.9 Å². The van der Waals surface area contributed by atoms with E-state index < -0.39 is 16.8 Å². The van der Waals surface area contributed by atoms with Crippen LogP contribution in [0, 0.1) is 38.7 Å². The van der Waals surface area contributed by atoms with Crippen LogP contribution in [0.2, 0.25) is 0 Å². The SMILES string of the molecule is N#CCN(CC#N)c1ncnc(N2CCC(C(=O)O)CC2)c1[N+](=O)[O-]. The van der Waals surface area contributed by atoms with Crippen LogP contribution < -0.4 is 9.80 Å². The molecule has 0 unspecified atom stereocenters. The lowest BCUT2D eigenvalue weighted by Gasteiger charge is -2.31. The van der Waals surface area contributed by atoms with Gasteiger partial charge in [-0.15, -0.1) is 0 Å². The molecule has 0 radical (unpaired) electrons. The molecule has 0 aliphatic carbocycles. The first-order chi connectivity index (χ1) is 12.0. The van der Waals surface area contributed by atoms with E-state index in [4.69, 9.17) is 15.6 Å². The first-order valence-corrected chi connectivity index (χ1v) is 7.45. The molecule has 0 atom stereocenters. The summed E-state index contributed by atoms with van der Waals surface area (Å²) >= 11 is 0. The Labute approximate surface area is 142 Å². The number of anilines is 2. The minimum absolute atomic E-state index is 0.0692. The van der Waals surface area contributed by atoms with Crippen LogP contribution in [0.3, 0.4) is 0 Å². The van der Waals surface area contributed by atoms with Crippen LogP contribution in [0.4, 0.5) is 17.3 Å². The second-order valence-electron chi connectivity index (χ2n) is 5.40. The molecule has 1 fully saturated rings. The zero-order valence-electron chi connectivity index (χ0n) is 13.2. The summed E-state index contributed by atoms with van der Waals surface area (Å²) in [7, 11) is 0. The Kier molecular flexibility index (Phi) is 5.63. The Balaban J connectivity index is 2.38. The summed E-state index contributed by atoms with van der Waals surface area (Å²) in [6.45, 7) is 0.160. The first kappa shape index (κ1) is 17.9. The van der Waals surface area contributed by atoms with Gasteiger partial charge < -0.3 is 14.9 Å². The molecule has 11 nitrogen and oxygen atoms in total. The molecule has 0 aromatic carbocycles. The highest BCUT2D eigenvalue weighted by atomic mass is 16.6. The number of aliphatic carboxylic acids is 1. The molecule has 1 aromatic heterocycles. The molecule has 0 amide bonds. The van der Waals surface area contributed by atoms with Gasteiger partial charge in [0.2, 0.25) is 11.6 Å². The molecule has 130 valence electrons. The molecular weight excluding hydrogens is 330 g/mol. The molecular formula is C14H15N7O4. The van der Waals surface area contributed by atoms with Crippen LogP contribution in [0.25, 0.3) is 0 Å².